The first kappa shape index (κ1) is 10.6. The molecule has 3 N–H and O–H groups in total. The molecule has 0 unspecified atom stereocenters. The standard InChI is InChI=1S/C9H13FN3OP/c10-8-2-4-9(5-3-8)13-15(14)11-6-1-7-12-15/h2-5H,1,6-7H2,(H3,11,12,13,14). The normalized spacial score (nSPS) is 19.8. The Hall–Kier alpha value is -0.900. The molecule has 1 heterocycles. The highest BCUT2D eigenvalue weighted by Crippen LogP contribution is 2.37. The number of hydrogen-bond acceptors (Lipinski definition) is 1. The second-order valence-electron chi connectivity index (χ2n) is 3.40. The van der Waals surface area contributed by atoms with E-state index in [1.54, 1.807) is 12.1 Å². The topological polar surface area (TPSA) is 53.2 Å². The van der Waals surface area contributed by atoms with E-state index in [0.717, 1.165) is 19.5 Å². The monoisotopic (exact) mass is 229 g/mol. The van der Waals surface area contributed by atoms with E-state index in [2.05, 4.69) is 15.3 Å². The molecule has 1 aromatic carbocycles. The SMILES string of the molecule is O=P1(Nc2ccc(F)cc2)NCCCN1. The molecule has 6 heteroatoms. The van der Waals surface area contributed by atoms with Crippen LogP contribution in [0.2, 0.25) is 0 Å². The van der Waals surface area contributed by atoms with Gasteiger partial charge in [-0.05, 0) is 30.7 Å². The lowest BCUT2D eigenvalue weighted by Gasteiger charge is -2.26. The summed E-state index contributed by atoms with van der Waals surface area (Å²) in [5.41, 5.74) is 0.640. The Morgan fingerprint density at radius 2 is 1.80 bits per heavy atom. The molecular weight excluding hydrogens is 216 g/mol. The van der Waals surface area contributed by atoms with Crippen molar-refractivity contribution < 1.29 is 8.96 Å². The highest BCUT2D eigenvalue weighted by Gasteiger charge is 2.23. The van der Waals surface area contributed by atoms with Gasteiger partial charge in [-0.3, -0.25) is 4.57 Å². The average molecular weight is 229 g/mol. The second kappa shape index (κ2) is 4.31. The Morgan fingerprint density at radius 1 is 1.20 bits per heavy atom. The molecule has 1 aromatic rings. The minimum atomic E-state index is -2.72. The lowest BCUT2D eigenvalue weighted by atomic mass is 10.3. The maximum absolute atomic E-state index is 12.6. The largest absolute Gasteiger partial charge is 0.313 e. The van der Waals surface area contributed by atoms with Gasteiger partial charge in [0.1, 0.15) is 5.82 Å². The van der Waals surface area contributed by atoms with E-state index >= 15 is 0 Å². The van der Waals surface area contributed by atoms with Crippen LogP contribution in [-0.2, 0) is 4.57 Å². The van der Waals surface area contributed by atoms with Gasteiger partial charge in [-0.25, -0.2) is 14.6 Å². The molecule has 0 aliphatic carbocycles. The number of rotatable bonds is 2. The summed E-state index contributed by atoms with van der Waals surface area (Å²) in [6.45, 7) is 1.44. The molecule has 1 fully saturated rings. The molecule has 0 saturated carbocycles. The minimum absolute atomic E-state index is 0.302. The number of benzene rings is 1. The van der Waals surface area contributed by atoms with Crippen molar-refractivity contribution in [3.8, 4) is 0 Å². The first-order valence-corrected chi connectivity index (χ1v) is 6.53. The van der Waals surface area contributed by atoms with Gasteiger partial charge in [0.25, 0.3) is 0 Å². The van der Waals surface area contributed by atoms with Crippen LogP contribution >= 0.6 is 7.59 Å². The molecule has 1 aliphatic rings. The zero-order valence-corrected chi connectivity index (χ0v) is 9.06. The Kier molecular flexibility index (Phi) is 3.05. The van der Waals surface area contributed by atoms with E-state index in [9.17, 15) is 8.96 Å². The zero-order valence-electron chi connectivity index (χ0n) is 8.16. The van der Waals surface area contributed by atoms with Gasteiger partial charge in [-0.1, -0.05) is 0 Å². The van der Waals surface area contributed by atoms with E-state index in [0.29, 0.717) is 5.69 Å². The maximum atomic E-state index is 12.6. The third kappa shape index (κ3) is 2.78. The van der Waals surface area contributed by atoms with Crippen LogP contribution in [-0.4, -0.2) is 13.1 Å². The summed E-state index contributed by atoms with van der Waals surface area (Å²) >= 11 is 0. The Labute approximate surface area is 87.8 Å². The van der Waals surface area contributed by atoms with Crippen LogP contribution in [0.25, 0.3) is 0 Å². The van der Waals surface area contributed by atoms with Gasteiger partial charge in [0.05, 0.1) is 0 Å². The second-order valence-corrected chi connectivity index (χ2v) is 5.47. The fraction of sp³-hybridized carbons (Fsp3) is 0.333. The van der Waals surface area contributed by atoms with Crippen molar-refractivity contribution in [1.82, 2.24) is 10.2 Å². The fourth-order valence-corrected chi connectivity index (χ4v) is 3.13. The van der Waals surface area contributed by atoms with Crippen LogP contribution in [0.5, 0.6) is 0 Å². The predicted molar refractivity (Wildman–Crippen MR) is 58.3 cm³/mol. The van der Waals surface area contributed by atoms with Crippen LogP contribution < -0.4 is 15.3 Å². The summed E-state index contributed by atoms with van der Waals surface area (Å²) in [5, 5.41) is 8.65. The van der Waals surface area contributed by atoms with Crippen LogP contribution in [0.4, 0.5) is 10.1 Å². The van der Waals surface area contributed by atoms with Crippen molar-refractivity contribution in [2.24, 2.45) is 0 Å². The zero-order chi connectivity index (χ0) is 10.7. The summed E-state index contributed by atoms with van der Waals surface area (Å²) in [4.78, 5) is 0. The minimum Gasteiger partial charge on any atom is -0.313 e. The van der Waals surface area contributed by atoms with Crippen LogP contribution in [0.3, 0.4) is 0 Å². The molecule has 0 bridgehead atoms. The van der Waals surface area contributed by atoms with Gasteiger partial charge in [-0.2, -0.15) is 0 Å². The number of anilines is 1. The molecule has 1 aliphatic heterocycles. The lowest BCUT2D eigenvalue weighted by Crippen LogP contribution is -2.34. The number of hydrogen-bond donors (Lipinski definition) is 3. The third-order valence-electron chi connectivity index (χ3n) is 2.15. The van der Waals surface area contributed by atoms with E-state index < -0.39 is 7.59 Å². The summed E-state index contributed by atoms with van der Waals surface area (Å²) in [6.07, 6.45) is 0.953. The van der Waals surface area contributed by atoms with Crippen molar-refractivity contribution in [3.63, 3.8) is 0 Å². The summed E-state index contributed by atoms with van der Waals surface area (Å²) in [7, 11) is -2.72. The molecule has 0 radical (unpaired) electrons. The van der Waals surface area contributed by atoms with Crippen molar-refractivity contribution >= 4 is 13.3 Å². The van der Waals surface area contributed by atoms with Gasteiger partial charge < -0.3 is 5.09 Å². The van der Waals surface area contributed by atoms with Crippen molar-refractivity contribution in [2.45, 2.75) is 6.42 Å². The smallest absolute Gasteiger partial charge is 0.303 e. The predicted octanol–water partition coefficient (Wildman–Crippen LogP) is 1.93. The molecular formula is C9H13FN3OP. The highest BCUT2D eigenvalue weighted by atomic mass is 31.2. The molecule has 0 aromatic heterocycles. The molecule has 15 heavy (non-hydrogen) atoms. The molecule has 2 rings (SSSR count). The van der Waals surface area contributed by atoms with Gasteiger partial charge in [0.15, 0.2) is 0 Å². The van der Waals surface area contributed by atoms with Gasteiger partial charge in [0.2, 0.25) is 0 Å². The number of nitrogens with one attached hydrogen (secondary N) is 3. The van der Waals surface area contributed by atoms with Crippen LogP contribution in [0.15, 0.2) is 24.3 Å². The molecule has 82 valence electrons. The Balaban J connectivity index is 2.07. The van der Waals surface area contributed by atoms with E-state index in [1.165, 1.54) is 12.1 Å². The third-order valence-corrected chi connectivity index (χ3v) is 4.06. The van der Waals surface area contributed by atoms with Crippen molar-refractivity contribution in [1.29, 1.82) is 0 Å². The van der Waals surface area contributed by atoms with E-state index in [4.69, 9.17) is 0 Å². The summed E-state index contributed by atoms with van der Waals surface area (Å²) in [6, 6.07) is 5.79. The van der Waals surface area contributed by atoms with Gasteiger partial charge >= 0.3 is 7.59 Å². The molecule has 0 spiro atoms. The highest BCUT2D eigenvalue weighted by molar-refractivity contribution is 7.61. The molecule has 0 amide bonds. The van der Waals surface area contributed by atoms with Crippen molar-refractivity contribution in [2.75, 3.05) is 18.2 Å². The maximum Gasteiger partial charge on any atom is 0.303 e. The summed E-state index contributed by atoms with van der Waals surface area (Å²) in [5.74, 6) is -0.302. The van der Waals surface area contributed by atoms with Crippen molar-refractivity contribution in [3.05, 3.63) is 30.1 Å². The lowest BCUT2D eigenvalue weighted by molar-refractivity contribution is 0.540. The molecule has 0 atom stereocenters. The fourth-order valence-electron chi connectivity index (χ4n) is 1.40. The first-order valence-electron chi connectivity index (χ1n) is 4.82. The molecule has 1 saturated heterocycles. The van der Waals surface area contributed by atoms with E-state index in [-0.39, 0.29) is 5.82 Å². The average Bonchev–Trinajstić information content (AvgIpc) is 2.22. The number of halogens is 1. The summed E-state index contributed by atoms with van der Waals surface area (Å²) < 4.78 is 24.7. The van der Waals surface area contributed by atoms with Crippen LogP contribution in [0.1, 0.15) is 6.42 Å². The Morgan fingerprint density at radius 3 is 2.40 bits per heavy atom. The van der Waals surface area contributed by atoms with E-state index in [1.807, 2.05) is 0 Å². The first-order chi connectivity index (χ1) is 7.18. The molecule has 4 nitrogen and oxygen atoms in total. The quantitative estimate of drug-likeness (QED) is 0.678. The van der Waals surface area contributed by atoms with Gasteiger partial charge in [-0.15, -0.1) is 0 Å². The van der Waals surface area contributed by atoms with Gasteiger partial charge in [0, 0.05) is 18.8 Å². The Bertz CT molecular complexity index is 371. The van der Waals surface area contributed by atoms with Crippen LogP contribution in [0, 0.1) is 5.82 Å².